The zero-order valence-corrected chi connectivity index (χ0v) is 14.5. The highest BCUT2D eigenvalue weighted by molar-refractivity contribution is 6.07. The number of amides is 4. The number of urea groups is 1. The molecule has 0 unspecified atom stereocenters. The van der Waals surface area contributed by atoms with Crippen LogP contribution in [0.25, 0.3) is 11.0 Å². The second-order valence-corrected chi connectivity index (χ2v) is 6.88. The number of alkyl halides is 3. The number of benzene rings is 1. The molecule has 2 N–H and O–H groups in total. The number of imidazole rings is 1. The summed E-state index contributed by atoms with van der Waals surface area (Å²) in [6.07, 6.45) is -4.29. The fourth-order valence-corrected chi connectivity index (χ4v) is 3.71. The molecule has 28 heavy (non-hydrogen) atoms. The Bertz CT molecular complexity index is 976. The van der Waals surface area contributed by atoms with Gasteiger partial charge in [-0.1, -0.05) is 12.1 Å². The zero-order chi connectivity index (χ0) is 20.1. The molecule has 2 fully saturated rings. The number of para-hydroxylation sites is 2. The van der Waals surface area contributed by atoms with Gasteiger partial charge in [-0.15, -0.1) is 0 Å². The van der Waals surface area contributed by atoms with Crippen molar-refractivity contribution in [3.8, 4) is 0 Å². The van der Waals surface area contributed by atoms with Gasteiger partial charge in [0.15, 0.2) is 0 Å². The molecule has 11 heteroatoms. The summed E-state index contributed by atoms with van der Waals surface area (Å²) in [5, 5.41) is 4.75. The molecule has 2 aliphatic rings. The number of imide groups is 1. The predicted octanol–water partition coefficient (Wildman–Crippen LogP) is 1.26. The monoisotopic (exact) mass is 395 g/mol. The first-order valence-corrected chi connectivity index (χ1v) is 8.63. The molecular formula is C17H16F3N5O3. The predicted molar refractivity (Wildman–Crippen MR) is 90.0 cm³/mol. The number of aromatic nitrogens is 2. The fourth-order valence-electron chi connectivity index (χ4n) is 3.71. The summed E-state index contributed by atoms with van der Waals surface area (Å²) in [7, 11) is 0. The number of rotatable bonds is 2. The van der Waals surface area contributed by atoms with Crippen LogP contribution in [0.5, 0.6) is 0 Å². The molecule has 0 aliphatic carbocycles. The Morgan fingerprint density at radius 2 is 1.86 bits per heavy atom. The van der Waals surface area contributed by atoms with Gasteiger partial charge in [-0.25, -0.2) is 9.78 Å². The molecule has 2 aromatic rings. The van der Waals surface area contributed by atoms with Gasteiger partial charge < -0.3 is 14.8 Å². The van der Waals surface area contributed by atoms with Crippen LogP contribution in [-0.4, -0.2) is 50.9 Å². The quantitative estimate of drug-likeness (QED) is 0.749. The number of likely N-dealkylation sites (tertiary alicyclic amines) is 1. The van der Waals surface area contributed by atoms with Crippen molar-refractivity contribution in [2.45, 2.75) is 31.1 Å². The second-order valence-electron chi connectivity index (χ2n) is 6.88. The van der Waals surface area contributed by atoms with Crippen LogP contribution >= 0.6 is 0 Å². The van der Waals surface area contributed by atoms with Crippen molar-refractivity contribution in [1.82, 2.24) is 25.1 Å². The van der Waals surface area contributed by atoms with E-state index >= 15 is 0 Å². The van der Waals surface area contributed by atoms with Gasteiger partial charge >= 0.3 is 12.2 Å². The number of halogens is 3. The lowest BCUT2D eigenvalue weighted by Crippen LogP contribution is -2.56. The number of nitrogens with zero attached hydrogens (tertiary/aromatic N) is 3. The minimum absolute atomic E-state index is 0.153. The molecule has 0 radical (unpaired) electrons. The van der Waals surface area contributed by atoms with E-state index in [1.807, 2.05) is 0 Å². The van der Waals surface area contributed by atoms with Crippen LogP contribution in [0.4, 0.5) is 18.0 Å². The summed E-state index contributed by atoms with van der Waals surface area (Å²) in [4.78, 5) is 41.0. The van der Waals surface area contributed by atoms with Crippen molar-refractivity contribution in [1.29, 1.82) is 0 Å². The van der Waals surface area contributed by atoms with Gasteiger partial charge in [0, 0.05) is 13.1 Å². The molecule has 3 heterocycles. The van der Waals surface area contributed by atoms with Crippen LogP contribution in [0.15, 0.2) is 24.3 Å². The summed E-state index contributed by atoms with van der Waals surface area (Å²) in [5.74, 6) is -2.07. The summed E-state index contributed by atoms with van der Waals surface area (Å²) in [6.45, 7) is -0.206. The molecule has 1 spiro atoms. The molecule has 1 aromatic heterocycles. The largest absolute Gasteiger partial charge is 0.449 e. The average molecular weight is 395 g/mol. The Morgan fingerprint density at radius 1 is 1.18 bits per heavy atom. The lowest BCUT2D eigenvalue weighted by atomic mass is 9.87. The van der Waals surface area contributed by atoms with Crippen molar-refractivity contribution in [3.05, 3.63) is 30.1 Å². The highest BCUT2D eigenvalue weighted by atomic mass is 19.4. The minimum Gasteiger partial charge on any atom is -0.341 e. The Labute approximate surface area is 156 Å². The highest BCUT2D eigenvalue weighted by Gasteiger charge is 2.48. The van der Waals surface area contributed by atoms with E-state index in [1.54, 1.807) is 12.1 Å². The summed E-state index contributed by atoms with van der Waals surface area (Å²) in [5.41, 5.74) is -0.670. The number of carbonyl (C=O) groups is 3. The maximum Gasteiger partial charge on any atom is 0.449 e. The molecule has 0 bridgehead atoms. The van der Waals surface area contributed by atoms with Crippen molar-refractivity contribution >= 4 is 28.9 Å². The number of hydrogen-bond donors (Lipinski definition) is 2. The molecule has 4 amide bonds. The maximum atomic E-state index is 13.4. The number of fused-ring (bicyclic) bond motifs is 1. The van der Waals surface area contributed by atoms with E-state index in [4.69, 9.17) is 0 Å². The van der Waals surface area contributed by atoms with Gasteiger partial charge in [-0.3, -0.25) is 14.9 Å². The van der Waals surface area contributed by atoms with Crippen LogP contribution in [0.1, 0.15) is 18.7 Å². The van der Waals surface area contributed by atoms with Gasteiger partial charge in [0.25, 0.3) is 5.91 Å². The SMILES string of the molecule is O=C1NC(=O)C2(CCN(C(=O)Cn3c(C(F)(F)F)nc4ccccc43)CC2)N1. The number of hydrogen-bond acceptors (Lipinski definition) is 4. The van der Waals surface area contributed by atoms with Crippen LogP contribution in [-0.2, 0) is 22.3 Å². The first-order valence-electron chi connectivity index (χ1n) is 8.63. The Kier molecular flexibility index (Phi) is 4.05. The summed E-state index contributed by atoms with van der Waals surface area (Å²) in [6, 6.07) is 5.51. The first-order chi connectivity index (χ1) is 13.2. The molecule has 1 aromatic carbocycles. The molecule has 0 saturated carbocycles. The van der Waals surface area contributed by atoms with E-state index < -0.39 is 41.9 Å². The van der Waals surface area contributed by atoms with Crippen LogP contribution in [0.2, 0.25) is 0 Å². The lowest BCUT2D eigenvalue weighted by molar-refractivity contribution is -0.148. The Balaban J connectivity index is 1.54. The van der Waals surface area contributed by atoms with Crippen molar-refractivity contribution < 1.29 is 27.6 Å². The third-order valence-electron chi connectivity index (χ3n) is 5.19. The minimum atomic E-state index is -4.70. The van der Waals surface area contributed by atoms with Crippen molar-refractivity contribution in [2.24, 2.45) is 0 Å². The Morgan fingerprint density at radius 3 is 2.46 bits per heavy atom. The number of piperidine rings is 1. The normalized spacial score (nSPS) is 19.2. The molecule has 2 aliphatic heterocycles. The third kappa shape index (κ3) is 2.96. The van der Waals surface area contributed by atoms with Gasteiger partial charge in [0.2, 0.25) is 11.7 Å². The second kappa shape index (κ2) is 6.21. The smallest absolute Gasteiger partial charge is 0.341 e. The average Bonchev–Trinajstić information content (AvgIpc) is 3.13. The van der Waals surface area contributed by atoms with E-state index in [2.05, 4.69) is 15.6 Å². The van der Waals surface area contributed by atoms with E-state index in [0.717, 1.165) is 4.57 Å². The highest BCUT2D eigenvalue weighted by Crippen LogP contribution is 2.32. The first kappa shape index (κ1) is 18.3. The maximum absolute atomic E-state index is 13.4. The van der Waals surface area contributed by atoms with E-state index in [9.17, 15) is 27.6 Å². The van der Waals surface area contributed by atoms with Crippen LogP contribution in [0.3, 0.4) is 0 Å². The molecule has 8 nitrogen and oxygen atoms in total. The molecule has 0 atom stereocenters. The van der Waals surface area contributed by atoms with Crippen LogP contribution in [0, 0.1) is 0 Å². The molecule has 148 valence electrons. The number of nitrogens with one attached hydrogen (secondary N) is 2. The summed E-state index contributed by atoms with van der Waals surface area (Å²) >= 11 is 0. The lowest BCUT2D eigenvalue weighted by Gasteiger charge is -2.37. The molecule has 2 saturated heterocycles. The standard InChI is InChI=1S/C17H16F3N5O3/c18-17(19,20)13-21-10-3-1-2-4-11(10)25(13)9-12(26)24-7-5-16(6-8-24)14(27)22-15(28)23-16/h1-4H,5-9H2,(H2,22,23,27,28). The van der Waals surface area contributed by atoms with E-state index in [0.29, 0.717) is 0 Å². The molecular weight excluding hydrogens is 379 g/mol. The van der Waals surface area contributed by atoms with E-state index in [1.165, 1.54) is 17.0 Å². The van der Waals surface area contributed by atoms with Crippen molar-refractivity contribution in [3.63, 3.8) is 0 Å². The van der Waals surface area contributed by atoms with Crippen molar-refractivity contribution in [2.75, 3.05) is 13.1 Å². The Hall–Kier alpha value is -3.11. The van der Waals surface area contributed by atoms with Gasteiger partial charge in [-0.2, -0.15) is 13.2 Å². The van der Waals surface area contributed by atoms with E-state index in [-0.39, 0.29) is 37.0 Å². The van der Waals surface area contributed by atoms with Crippen LogP contribution < -0.4 is 10.6 Å². The third-order valence-corrected chi connectivity index (χ3v) is 5.19. The van der Waals surface area contributed by atoms with Gasteiger partial charge in [0.05, 0.1) is 11.0 Å². The van der Waals surface area contributed by atoms with Gasteiger partial charge in [0.1, 0.15) is 12.1 Å². The zero-order valence-electron chi connectivity index (χ0n) is 14.5. The molecule has 4 rings (SSSR count). The summed E-state index contributed by atoms with van der Waals surface area (Å²) < 4.78 is 41.0. The van der Waals surface area contributed by atoms with Gasteiger partial charge in [-0.05, 0) is 25.0 Å². The topological polar surface area (TPSA) is 96.3 Å². The fraction of sp³-hybridized carbons (Fsp3) is 0.412. The number of carbonyl (C=O) groups excluding carboxylic acids is 3.